The predicted molar refractivity (Wildman–Crippen MR) is 86.0 cm³/mol. The van der Waals surface area contributed by atoms with Gasteiger partial charge in [0.2, 0.25) is 0 Å². The molecule has 2 aromatic rings. The first-order chi connectivity index (χ1) is 11.4. The predicted octanol–water partition coefficient (Wildman–Crippen LogP) is 0.398. The molecule has 0 radical (unpaired) electrons. The van der Waals surface area contributed by atoms with Gasteiger partial charge in [-0.15, -0.1) is 10.2 Å². The van der Waals surface area contributed by atoms with Crippen molar-refractivity contribution in [1.82, 2.24) is 29.3 Å². The summed E-state index contributed by atoms with van der Waals surface area (Å²) in [5.74, 6) is -0.371. The van der Waals surface area contributed by atoms with Crippen molar-refractivity contribution in [2.24, 2.45) is 0 Å². The summed E-state index contributed by atoms with van der Waals surface area (Å²) in [7, 11) is 5.41. The Morgan fingerprint density at radius 2 is 2.00 bits per heavy atom. The van der Waals surface area contributed by atoms with E-state index in [0.29, 0.717) is 31.1 Å². The first kappa shape index (κ1) is 16.2. The molecule has 1 aliphatic heterocycles. The number of aromatic carboxylic acids is 1. The summed E-state index contributed by atoms with van der Waals surface area (Å²) in [5, 5.41) is 17.5. The number of carbonyl (C=O) groups is 2. The molecule has 9 nitrogen and oxygen atoms in total. The minimum Gasteiger partial charge on any atom is -0.478 e. The topological polar surface area (TPSA) is 94.3 Å². The molecule has 0 saturated carbocycles. The Morgan fingerprint density at radius 1 is 1.25 bits per heavy atom. The van der Waals surface area contributed by atoms with Crippen LogP contribution in [0.2, 0.25) is 0 Å². The van der Waals surface area contributed by atoms with Crippen molar-refractivity contribution in [3.05, 3.63) is 29.7 Å². The van der Waals surface area contributed by atoms with E-state index < -0.39 is 5.97 Å². The molecule has 1 fully saturated rings. The zero-order valence-electron chi connectivity index (χ0n) is 13.9. The lowest BCUT2D eigenvalue weighted by Gasteiger charge is -2.39. The summed E-state index contributed by atoms with van der Waals surface area (Å²) in [5.41, 5.74) is 0.752. The van der Waals surface area contributed by atoms with Crippen LogP contribution >= 0.6 is 0 Å². The van der Waals surface area contributed by atoms with Gasteiger partial charge < -0.3 is 14.9 Å². The normalized spacial score (nSPS) is 18.8. The summed E-state index contributed by atoms with van der Waals surface area (Å²) < 4.78 is 1.69. The molecule has 9 heteroatoms. The number of pyridine rings is 1. The fourth-order valence-electron chi connectivity index (χ4n) is 2.87. The van der Waals surface area contributed by atoms with Crippen LogP contribution in [0.5, 0.6) is 0 Å². The summed E-state index contributed by atoms with van der Waals surface area (Å²) in [6.45, 7) is 1.82. The minimum absolute atomic E-state index is 0.0480. The third kappa shape index (κ3) is 2.78. The number of hydrogen-bond donors (Lipinski definition) is 1. The van der Waals surface area contributed by atoms with Gasteiger partial charge in [-0.05, 0) is 19.2 Å². The third-order valence-corrected chi connectivity index (χ3v) is 4.27. The Bertz CT molecular complexity index is 787. The van der Waals surface area contributed by atoms with Crippen molar-refractivity contribution >= 4 is 17.6 Å². The van der Waals surface area contributed by atoms with Crippen molar-refractivity contribution in [3.63, 3.8) is 0 Å². The number of fused-ring (bicyclic) bond motifs is 1. The molecule has 3 heterocycles. The Morgan fingerprint density at radius 3 is 2.67 bits per heavy atom. The molecule has 0 bridgehead atoms. The van der Waals surface area contributed by atoms with Gasteiger partial charge in [0, 0.05) is 39.9 Å². The summed E-state index contributed by atoms with van der Waals surface area (Å²) >= 11 is 0. The second kappa shape index (κ2) is 6.08. The summed E-state index contributed by atoms with van der Waals surface area (Å²) in [6, 6.07) is 2.93. The first-order valence-electron chi connectivity index (χ1n) is 7.63. The number of carbonyl (C=O) groups excluding carboxylic acids is 1. The maximum atomic E-state index is 12.2. The van der Waals surface area contributed by atoms with E-state index in [1.807, 2.05) is 7.05 Å². The quantitative estimate of drug-likeness (QED) is 0.855. The van der Waals surface area contributed by atoms with Gasteiger partial charge in [0.05, 0.1) is 11.6 Å². The molecule has 2 amide bonds. The Kier molecular flexibility index (Phi) is 4.10. The molecule has 1 saturated heterocycles. The number of amides is 2. The molecule has 3 rings (SSSR count). The second-order valence-electron chi connectivity index (χ2n) is 6.13. The highest BCUT2D eigenvalue weighted by molar-refractivity contribution is 5.87. The van der Waals surface area contributed by atoms with Crippen molar-refractivity contribution in [1.29, 1.82) is 0 Å². The van der Waals surface area contributed by atoms with Crippen molar-refractivity contribution in [3.8, 4) is 0 Å². The van der Waals surface area contributed by atoms with Gasteiger partial charge in [0.1, 0.15) is 0 Å². The van der Waals surface area contributed by atoms with Crippen LogP contribution in [0.25, 0.3) is 5.65 Å². The van der Waals surface area contributed by atoms with E-state index in [9.17, 15) is 14.7 Å². The highest BCUT2D eigenvalue weighted by Crippen LogP contribution is 2.24. The van der Waals surface area contributed by atoms with Gasteiger partial charge in [-0.2, -0.15) is 0 Å². The van der Waals surface area contributed by atoms with Gasteiger partial charge in [-0.3, -0.25) is 9.30 Å². The Hall–Kier alpha value is -2.68. The van der Waals surface area contributed by atoms with Crippen molar-refractivity contribution in [2.75, 3.05) is 40.8 Å². The van der Waals surface area contributed by atoms with Crippen LogP contribution in [0.4, 0.5) is 4.79 Å². The first-order valence-corrected chi connectivity index (χ1v) is 7.63. The van der Waals surface area contributed by atoms with Crippen LogP contribution in [0.1, 0.15) is 22.2 Å². The number of aromatic nitrogens is 3. The molecule has 0 aromatic carbocycles. The molecule has 24 heavy (non-hydrogen) atoms. The standard InChI is InChI=1S/C15H20N6O3/c1-18(2)15(24)20-7-6-19(3)11(9-20)13-17-16-12-5-4-10(14(22)23)8-21(12)13/h4-5,8,11H,6-7,9H2,1-3H3,(H,22,23). The van der Waals surface area contributed by atoms with E-state index in [1.165, 1.54) is 12.3 Å². The zero-order chi connectivity index (χ0) is 17.4. The third-order valence-electron chi connectivity index (χ3n) is 4.27. The Balaban J connectivity index is 1.97. The zero-order valence-corrected chi connectivity index (χ0v) is 13.9. The van der Waals surface area contributed by atoms with Gasteiger partial charge in [-0.1, -0.05) is 0 Å². The van der Waals surface area contributed by atoms with Crippen LogP contribution in [-0.2, 0) is 0 Å². The SMILES string of the molecule is CN(C)C(=O)N1CCN(C)C(c2nnc3ccc(C(=O)O)cn23)C1. The van der Waals surface area contributed by atoms with Gasteiger partial charge in [0.15, 0.2) is 11.5 Å². The number of nitrogens with zero attached hydrogens (tertiary/aromatic N) is 6. The van der Waals surface area contributed by atoms with E-state index in [-0.39, 0.29) is 17.6 Å². The van der Waals surface area contributed by atoms with E-state index in [0.717, 1.165) is 0 Å². The lowest BCUT2D eigenvalue weighted by molar-refractivity contribution is 0.0696. The largest absolute Gasteiger partial charge is 0.478 e. The average molecular weight is 332 g/mol. The maximum Gasteiger partial charge on any atom is 0.337 e. The molecule has 0 aliphatic carbocycles. The molecule has 1 unspecified atom stereocenters. The number of carboxylic acids is 1. The molecule has 0 spiro atoms. The monoisotopic (exact) mass is 332 g/mol. The van der Waals surface area contributed by atoms with E-state index in [2.05, 4.69) is 15.1 Å². The van der Waals surface area contributed by atoms with Crippen LogP contribution in [0, 0.1) is 0 Å². The molecule has 2 aromatic heterocycles. The lowest BCUT2D eigenvalue weighted by atomic mass is 10.1. The number of likely N-dealkylation sites (N-methyl/N-ethyl adjacent to an activating group) is 1. The molecule has 128 valence electrons. The average Bonchev–Trinajstić information content (AvgIpc) is 2.97. The van der Waals surface area contributed by atoms with Crippen LogP contribution in [0.15, 0.2) is 18.3 Å². The van der Waals surface area contributed by atoms with Crippen LogP contribution in [-0.4, -0.2) is 87.2 Å². The number of urea groups is 1. The van der Waals surface area contributed by atoms with E-state index in [1.54, 1.807) is 34.4 Å². The van der Waals surface area contributed by atoms with Gasteiger partial charge in [0.25, 0.3) is 0 Å². The number of hydrogen-bond acceptors (Lipinski definition) is 5. The summed E-state index contributed by atoms with van der Waals surface area (Å²) in [4.78, 5) is 28.9. The van der Waals surface area contributed by atoms with E-state index >= 15 is 0 Å². The fourth-order valence-corrected chi connectivity index (χ4v) is 2.87. The van der Waals surface area contributed by atoms with Crippen molar-refractivity contribution < 1.29 is 14.7 Å². The highest BCUT2D eigenvalue weighted by Gasteiger charge is 2.32. The molecular formula is C15H20N6O3. The van der Waals surface area contributed by atoms with E-state index in [4.69, 9.17) is 0 Å². The fraction of sp³-hybridized carbons (Fsp3) is 0.467. The number of carboxylic acid groups (broad SMARTS) is 1. The second-order valence-corrected chi connectivity index (χ2v) is 6.13. The number of rotatable bonds is 2. The molecule has 1 N–H and O–H groups in total. The molecule has 1 aliphatic rings. The van der Waals surface area contributed by atoms with Crippen LogP contribution < -0.4 is 0 Å². The minimum atomic E-state index is -1.00. The maximum absolute atomic E-state index is 12.2. The molecular weight excluding hydrogens is 312 g/mol. The van der Waals surface area contributed by atoms with Crippen molar-refractivity contribution in [2.45, 2.75) is 6.04 Å². The summed E-state index contributed by atoms with van der Waals surface area (Å²) in [6.07, 6.45) is 1.52. The number of piperazine rings is 1. The van der Waals surface area contributed by atoms with Gasteiger partial charge in [-0.25, -0.2) is 9.59 Å². The highest BCUT2D eigenvalue weighted by atomic mass is 16.4. The molecule has 1 atom stereocenters. The van der Waals surface area contributed by atoms with Gasteiger partial charge >= 0.3 is 12.0 Å². The van der Waals surface area contributed by atoms with Crippen LogP contribution in [0.3, 0.4) is 0 Å². The Labute approximate surface area is 139 Å². The smallest absolute Gasteiger partial charge is 0.337 e. The lowest BCUT2D eigenvalue weighted by Crippen LogP contribution is -2.52.